The lowest BCUT2D eigenvalue weighted by atomic mass is 10.5. The summed E-state index contributed by atoms with van der Waals surface area (Å²) >= 11 is 0. The van der Waals surface area contributed by atoms with Gasteiger partial charge in [-0.25, -0.2) is 0 Å². The third-order valence-corrected chi connectivity index (χ3v) is 1.65. The molecule has 0 unspecified atom stereocenters. The molecule has 58 valence electrons. The number of hydrogen-bond donors (Lipinski definition) is 2. The smallest absolute Gasteiger partial charge is 0.257 e. The zero-order valence-electron chi connectivity index (χ0n) is 5.87. The van der Waals surface area contributed by atoms with Gasteiger partial charge in [-0.05, 0) is 0 Å². The summed E-state index contributed by atoms with van der Waals surface area (Å²) in [6.45, 7) is 1.44. The summed E-state index contributed by atoms with van der Waals surface area (Å²) in [5.74, 6) is 0.852. The maximum atomic E-state index is 11.1. The first-order chi connectivity index (χ1) is 5.27. The van der Waals surface area contributed by atoms with Crippen molar-refractivity contribution in [2.75, 3.05) is 17.6 Å². The number of nitrogens with zero attached hydrogens (tertiary/aromatic N) is 2. The first-order valence-electron chi connectivity index (χ1n) is 3.38. The highest BCUT2D eigenvalue weighted by atomic mass is 16.1. The molecular formula is C6H8N4O. The molecule has 0 atom stereocenters. The summed E-state index contributed by atoms with van der Waals surface area (Å²) in [7, 11) is 0. The molecule has 0 aliphatic carbocycles. The molecule has 0 saturated carbocycles. The van der Waals surface area contributed by atoms with Crippen LogP contribution >= 0.6 is 0 Å². The molecule has 1 aromatic heterocycles. The van der Waals surface area contributed by atoms with Crippen LogP contribution < -0.4 is 16.6 Å². The monoisotopic (exact) mass is 152 g/mol. The van der Waals surface area contributed by atoms with Gasteiger partial charge in [-0.1, -0.05) is 0 Å². The van der Waals surface area contributed by atoms with Crippen molar-refractivity contribution >= 4 is 11.8 Å². The normalized spacial score (nSPS) is 14.2. The van der Waals surface area contributed by atoms with E-state index >= 15 is 0 Å². The Labute approximate surface area is 62.9 Å². The van der Waals surface area contributed by atoms with Gasteiger partial charge in [0.25, 0.3) is 5.56 Å². The molecule has 3 N–H and O–H groups in total. The summed E-state index contributed by atoms with van der Waals surface area (Å²) in [6.07, 6.45) is 0. The minimum absolute atomic E-state index is 0.0856. The summed E-state index contributed by atoms with van der Waals surface area (Å²) < 4.78 is 1.57. The second-order valence-corrected chi connectivity index (χ2v) is 2.42. The van der Waals surface area contributed by atoms with Crippen LogP contribution in [-0.2, 0) is 6.54 Å². The number of aromatic nitrogens is 2. The quantitative estimate of drug-likeness (QED) is 0.513. The van der Waals surface area contributed by atoms with Crippen LogP contribution in [-0.4, -0.2) is 16.1 Å². The number of fused-ring (bicyclic) bond motifs is 1. The second-order valence-electron chi connectivity index (χ2n) is 2.42. The fourth-order valence-electron chi connectivity index (χ4n) is 1.15. The SMILES string of the molecule is Nc1cc(=O)n2c(n1)NCC2. The number of nitrogen functional groups attached to an aromatic ring is 1. The zero-order valence-corrected chi connectivity index (χ0v) is 5.87. The van der Waals surface area contributed by atoms with Gasteiger partial charge in [-0.2, -0.15) is 4.98 Å². The van der Waals surface area contributed by atoms with E-state index in [9.17, 15) is 4.79 Å². The summed E-state index contributed by atoms with van der Waals surface area (Å²) in [4.78, 5) is 15.1. The molecule has 5 nitrogen and oxygen atoms in total. The highest BCUT2D eigenvalue weighted by Gasteiger charge is 2.11. The highest BCUT2D eigenvalue weighted by molar-refractivity contribution is 5.38. The van der Waals surface area contributed by atoms with Crippen molar-refractivity contribution in [1.29, 1.82) is 0 Å². The topological polar surface area (TPSA) is 72.9 Å². The van der Waals surface area contributed by atoms with Crippen LogP contribution in [0.25, 0.3) is 0 Å². The van der Waals surface area contributed by atoms with Gasteiger partial charge >= 0.3 is 0 Å². The van der Waals surface area contributed by atoms with E-state index in [0.29, 0.717) is 12.5 Å². The zero-order chi connectivity index (χ0) is 7.84. The molecule has 5 heteroatoms. The number of anilines is 2. The molecule has 0 amide bonds. The Morgan fingerprint density at radius 3 is 3.36 bits per heavy atom. The molecule has 0 radical (unpaired) electrons. The first kappa shape index (κ1) is 6.21. The molecule has 2 heterocycles. The second kappa shape index (κ2) is 1.98. The maximum absolute atomic E-state index is 11.1. The Kier molecular flexibility index (Phi) is 1.12. The molecule has 1 aliphatic heterocycles. The van der Waals surface area contributed by atoms with Crippen molar-refractivity contribution in [2.45, 2.75) is 6.54 Å². The van der Waals surface area contributed by atoms with E-state index in [4.69, 9.17) is 5.73 Å². The molecule has 0 spiro atoms. The average molecular weight is 152 g/mol. The maximum Gasteiger partial charge on any atom is 0.257 e. The lowest BCUT2D eigenvalue weighted by Crippen LogP contribution is -2.18. The number of hydrogen-bond acceptors (Lipinski definition) is 4. The summed E-state index contributed by atoms with van der Waals surface area (Å²) in [5.41, 5.74) is 5.28. The lowest BCUT2D eigenvalue weighted by molar-refractivity contribution is 0.763. The minimum atomic E-state index is -0.0856. The van der Waals surface area contributed by atoms with E-state index in [2.05, 4.69) is 10.3 Å². The molecule has 0 fully saturated rings. The minimum Gasteiger partial charge on any atom is -0.383 e. The number of nitrogens with one attached hydrogen (secondary N) is 1. The predicted molar refractivity (Wildman–Crippen MR) is 41.4 cm³/mol. The van der Waals surface area contributed by atoms with Crippen molar-refractivity contribution < 1.29 is 0 Å². The fraction of sp³-hybridized carbons (Fsp3) is 0.333. The van der Waals surface area contributed by atoms with Gasteiger partial charge in [0.15, 0.2) is 0 Å². The Morgan fingerprint density at radius 2 is 2.55 bits per heavy atom. The Balaban J connectivity index is 2.70. The molecule has 11 heavy (non-hydrogen) atoms. The van der Waals surface area contributed by atoms with Gasteiger partial charge in [0.1, 0.15) is 5.82 Å². The van der Waals surface area contributed by atoms with Crippen molar-refractivity contribution in [3.8, 4) is 0 Å². The predicted octanol–water partition coefficient (Wildman–Crippen LogP) is -0.749. The highest BCUT2D eigenvalue weighted by Crippen LogP contribution is 2.07. The molecule has 0 saturated heterocycles. The number of nitrogens with two attached hydrogens (primary N) is 1. The van der Waals surface area contributed by atoms with Gasteiger partial charge in [-0.15, -0.1) is 0 Å². The molecule has 0 aromatic carbocycles. The van der Waals surface area contributed by atoms with Crippen LogP contribution in [0.15, 0.2) is 10.9 Å². The van der Waals surface area contributed by atoms with E-state index in [0.717, 1.165) is 6.54 Å². The van der Waals surface area contributed by atoms with Gasteiger partial charge in [-0.3, -0.25) is 9.36 Å². The summed E-state index contributed by atoms with van der Waals surface area (Å²) in [5, 5.41) is 2.95. The van der Waals surface area contributed by atoms with Gasteiger partial charge < -0.3 is 11.1 Å². The Bertz CT molecular complexity index is 343. The molecule has 2 rings (SSSR count). The third kappa shape index (κ3) is 0.849. The van der Waals surface area contributed by atoms with Crippen LogP contribution in [0.4, 0.5) is 11.8 Å². The van der Waals surface area contributed by atoms with Gasteiger partial charge in [0.05, 0.1) is 0 Å². The lowest BCUT2D eigenvalue weighted by Gasteiger charge is -1.99. The van der Waals surface area contributed by atoms with Gasteiger partial charge in [0, 0.05) is 19.2 Å². The van der Waals surface area contributed by atoms with E-state index in [1.165, 1.54) is 6.07 Å². The fourth-order valence-corrected chi connectivity index (χ4v) is 1.15. The van der Waals surface area contributed by atoms with E-state index < -0.39 is 0 Å². The van der Waals surface area contributed by atoms with Crippen LogP contribution in [0.2, 0.25) is 0 Å². The van der Waals surface area contributed by atoms with Crippen molar-refractivity contribution in [3.63, 3.8) is 0 Å². The van der Waals surface area contributed by atoms with E-state index in [1.54, 1.807) is 4.57 Å². The van der Waals surface area contributed by atoms with Crippen molar-refractivity contribution in [3.05, 3.63) is 16.4 Å². The first-order valence-corrected chi connectivity index (χ1v) is 3.38. The largest absolute Gasteiger partial charge is 0.383 e. The van der Waals surface area contributed by atoms with Crippen LogP contribution in [0.3, 0.4) is 0 Å². The van der Waals surface area contributed by atoms with Crippen LogP contribution in [0.1, 0.15) is 0 Å². The number of rotatable bonds is 0. The molecular weight excluding hydrogens is 144 g/mol. The van der Waals surface area contributed by atoms with E-state index in [1.807, 2.05) is 0 Å². The molecule has 1 aromatic rings. The third-order valence-electron chi connectivity index (χ3n) is 1.65. The van der Waals surface area contributed by atoms with E-state index in [-0.39, 0.29) is 11.4 Å². The van der Waals surface area contributed by atoms with Crippen molar-refractivity contribution in [2.24, 2.45) is 0 Å². The van der Waals surface area contributed by atoms with Crippen LogP contribution in [0, 0.1) is 0 Å². The summed E-state index contributed by atoms with van der Waals surface area (Å²) in [6, 6.07) is 1.33. The molecule has 0 bridgehead atoms. The van der Waals surface area contributed by atoms with Crippen molar-refractivity contribution in [1.82, 2.24) is 9.55 Å². The van der Waals surface area contributed by atoms with Gasteiger partial charge in [0.2, 0.25) is 5.95 Å². The van der Waals surface area contributed by atoms with Crippen LogP contribution in [0.5, 0.6) is 0 Å². The standard InChI is InChI=1S/C6H8N4O/c7-4-3-5(11)10-2-1-8-6(10)9-4/h3H,1-2,7H2,(H,8,9). The average Bonchev–Trinajstić information content (AvgIpc) is 2.34. The molecule has 1 aliphatic rings. The Hall–Kier alpha value is -1.52. The Morgan fingerprint density at radius 1 is 1.73 bits per heavy atom.